The lowest BCUT2D eigenvalue weighted by molar-refractivity contribution is -0.120. The highest BCUT2D eigenvalue weighted by Gasteiger charge is 2.15. The SMILES string of the molecule is COc1ccc(S[C@@H](C)C(=O)NCCSc2ccc(Cl)cc2)cc1OC. The number of thioether (sulfide) groups is 2. The summed E-state index contributed by atoms with van der Waals surface area (Å²) in [6.07, 6.45) is 0. The highest BCUT2D eigenvalue weighted by atomic mass is 35.5. The van der Waals surface area contributed by atoms with Gasteiger partial charge in [-0.15, -0.1) is 23.5 Å². The third-order valence-corrected chi connectivity index (χ3v) is 5.88. The van der Waals surface area contributed by atoms with Gasteiger partial charge in [-0.05, 0) is 49.4 Å². The predicted molar refractivity (Wildman–Crippen MR) is 110 cm³/mol. The molecule has 140 valence electrons. The Labute approximate surface area is 168 Å². The van der Waals surface area contributed by atoms with Crippen molar-refractivity contribution in [2.24, 2.45) is 0 Å². The number of methoxy groups -OCH3 is 2. The van der Waals surface area contributed by atoms with Gasteiger partial charge in [-0.3, -0.25) is 4.79 Å². The molecule has 1 amide bonds. The minimum atomic E-state index is -0.200. The first-order valence-electron chi connectivity index (χ1n) is 8.08. The molecule has 2 aromatic carbocycles. The fraction of sp³-hybridized carbons (Fsp3) is 0.316. The normalized spacial score (nSPS) is 11.7. The van der Waals surface area contributed by atoms with E-state index in [4.69, 9.17) is 21.1 Å². The Morgan fingerprint density at radius 2 is 1.73 bits per heavy atom. The molecule has 26 heavy (non-hydrogen) atoms. The van der Waals surface area contributed by atoms with Gasteiger partial charge in [0, 0.05) is 27.1 Å². The maximum Gasteiger partial charge on any atom is 0.233 e. The van der Waals surface area contributed by atoms with Crippen molar-refractivity contribution in [2.75, 3.05) is 26.5 Å². The van der Waals surface area contributed by atoms with E-state index in [1.54, 1.807) is 26.0 Å². The molecule has 0 aliphatic carbocycles. The number of amides is 1. The average molecular weight is 412 g/mol. The zero-order valence-electron chi connectivity index (χ0n) is 15.0. The van der Waals surface area contributed by atoms with Crippen LogP contribution in [-0.4, -0.2) is 37.7 Å². The van der Waals surface area contributed by atoms with Gasteiger partial charge in [0.05, 0.1) is 19.5 Å². The van der Waals surface area contributed by atoms with Gasteiger partial charge in [0.15, 0.2) is 11.5 Å². The van der Waals surface area contributed by atoms with Crippen LogP contribution in [0.3, 0.4) is 0 Å². The monoisotopic (exact) mass is 411 g/mol. The van der Waals surface area contributed by atoms with E-state index in [1.165, 1.54) is 11.8 Å². The Bertz CT molecular complexity index is 725. The molecule has 2 aromatic rings. The first-order chi connectivity index (χ1) is 12.5. The van der Waals surface area contributed by atoms with Crippen LogP contribution in [0.1, 0.15) is 6.92 Å². The van der Waals surface area contributed by atoms with Crippen molar-refractivity contribution in [2.45, 2.75) is 22.0 Å². The summed E-state index contributed by atoms with van der Waals surface area (Å²) in [6.45, 7) is 2.51. The number of hydrogen-bond donors (Lipinski definition) is 1. The molecule has 2 rings (SSSR count). The van der Waals surface area contributed by atoms with E-state index in [2.05, 4.69) is 5.32 Å². The molecule has 0 radical (unpaired) electrons. The number of hydrogen-bond acceptors (Lipinski definition) is 5. The maximum absolute atomic E-state index is 12.3. The number of carbonyl (C=O) groups excluding carboxylic acids is 1. The lowest BCUT2D eigenvalue weighted by atomic mass is 10.3. The van der Waals surface area contributed by atoms with Gasteiger partial charge in [0.1, 0.15) is 0 Å². The smallest absolute Gasteiger partial charge is 0.233 e. The molecule has 0 aromatic heterocycles. The van der Waals surface area contributed by atoms with Crippen molar-refractivity contribution in [3.8, 4) is 11.5 Å². The third-order valence-electron chi connectivity index (χ3n) is 3.52. The van der Waals surface area contributed by atoms with Crippen LogP contribution in [0.4, 0.5) is 0 Å². The van der Waals surface area contributed by atoms with Gasteiger partial charge >= 0.3 is 0 Å². The molecule has 4 nitrogen and oxygen atoms in total. The van der Waals surface area contributed by atoms with Crippen LogP contribution in [0.5, 0.6) is 11.5 Å². The van der Waals surface area contributed by atoms with Gasteiger partial charge in [-0.25, -0.2) is 0 Å². The van der Waals surface area contributed by atoms with E-state index in [1.807, 2.05) is 49.4 Å². The van der Waals surface area contributed by atoms with Crippen LogP contribution in [0.2, 0.25) is 5.02 Å². The highest BCUT2D eigenvalue weighted by molar-refractivity contribution is 8.00. The molecular formula is C19H22ClNO3S2. The number of benzene rings is 2. The summed E-state index contributed by atoms with van der Waals surface area (Å²) in [5.74, 6) is 2.15. The van der Waals surface area contributed by atoms with Crippen molar-refractivity contribution in [1.29, 1.82) is 0 Å². The second-order valence-corrected chi connectivity index (χ2v) is 8.39. The summed E-state index contributed by atoms with van der Waals surface area (Å²) in [4.78, 5) is 14.4. The molecule has 0 heterocycles. The Morgan fingerprint density at radius 3 is 2.38 bits per heavy atom. The van der Waals surface area contributed by atoms with Crippen molar-refractivity contribution in [3.05, 3.63) is 47.5 Å². The second-order valence-electron chi connectivity index (χ2n) is 5.37. The van der Waals surface area contributed by atoms with Gasteiger partial charge in [0.2, 0.25) is 5.91 Å². The molecule has 0 bridgehead atoms. The maximum atomic E-state index is 12.3. The standard InChI is InChI=1S/C19H22ClNO3S2/c1-13(26-16-8-9-17(23-2)18(12-16)24-3)19(22)21-10-11-25-15-6-4-14(20)5-7-15/h4-9,12-13H,10-11H2,1-3H3,(H,21,22)/t13-/m0/s1. The van der Waals surface area contributed by atoms with Crippen molar-refractivity contribution >= 4 is 41.0 Å². The summed E-state index contributed by atoms with van der Waals surface area (Å²) in [5, 5.41) is 3.50. The summed E-state index contributed by atoms with van der Waals surface area (Å²) >= 11 is 9.04. The van der Waals surface area contributed by atoms with Crippen LogP contribution in [0.15, 0.2) is 52.3 Å². The first-order valence-corrected chi connectivity index (χ1v) is 10.3. The Balaban J connectivity index is 1.77. The van der Waals surface area contributed by atoms with Crippen LogP contribution in [-0.2, 0) is 4.79 Å². The minimum absolute atomic E-state index is 0.0153. The van der Waals surface area contributed by atoms with E-state index < -0.39 is 0 Å². The molecule has 0 saturated carbocycles. The van der Waals surface area contributed by atoms with Gasteiger partial charge in [-0.1, -0.05) is 11.6 Å². The molecule has 0 saturated heterocycles. The van der Waals surface area contributed by atoms with E-state index in [9.17, 15) is 4.79 Å². The van der Waals surface area contributed by atoms with E-state index in [0.717, 1.165) is 20.6 Å². The zero-order valence-corrected chi connectivity index (χ0v) is 17.3. The molecule has 0 unspecified atom stereocenters. The molecule has 0 spiro atoms. The quantitative estimate of drug-likeness (QED) is 0.476. The number of rotatable bonds is 9. The molecule has 0 aliphatic rings. The van der Waals surface area contributed by atoms with Gasteiger partial charge in [0.25, 0.3) is 0 Å². The predicted octanol–water partition coefficient (Wildman–Crippen LogP) is 4.75. The lowest BCUT2D eigenvalue weighted by Gasteiger charge is -2.14. The molecule has 1 atom stereocenters. The Kier molecular flexibility index (Phi) is 8.48. The number of halogens is 1. The third kappa shape index (κ3) is 6.34. The average Bonchev–Trinajstić information content (AvgIpc) is 2.66. The summed E-state index contributed by atoms with van der Waals surface area (Å²) < 4.78 is 10.5. The van der Waals surface area contributed by atoms with Crippen LogP contribution in [0.25, 0.3) is 0 Å². The molecule has 7 heteroatoms. The summed E-state index contributed by atoms with van der Waals surface area (Å²) in [5.41, 5.74) is 0. The Morgan fingerprint density at radius 1 is 1.08 bits per heavy atom. The van der Waals surface area contributed by atoms with Crippen molar-refractivity contribution in [3.63, 3.8) is 0 Å². The van der Waals surface area contributed by atoms with Crippen LogP contribution < -0.4 is 14.8 Å². The van der Waals surface area contributed by atoms with Crippen LogP contribution >= 0.6 is 35.1 Å². The van der Waals surface area contributed by atoms with Gasteiger partial charge in [-0.2, -0.15) is 0 Å². The summed E-state index contributed by atoms with van der Waals surface area (Å²) in [7, 11) is 3.20. The molecule has 0 aliphatic heterocycles. The number of carbonyl (C=O) groups is 1. The Hall–Kier alpha value is -1.50. The first kappa shape index (κ1) is 20.8. The zero-order chi connectivity index (χ0) is 18.9. The van der Waals surface area contributed by atoms with Crippen LogP contribution in [0, 0.1) is 0 Å². The van der Waals surface area contributed by atoms with Crippen molar-refractivity contribution < 1.29 is 14.3 Å². The summed E-state index contributed by atoms with van der Waals surface area (Å²) in [6, 6.07) is 13.3. The molecule has 1 N–H and O–H groups in total. The topological polar surface area (TPSA) is 47.6 Å². The minimum Gasteiger partial charge on any atom is -0.493 e. The lowest BCUT2D eigenvalue weighted by Crippen LogP contribution is -2.32. The van der Waals surface area contributed by atoms with Crippen molar-refractivity contribution in [1.82, 2.24) is 5.32 Å². The molecule has 0 fully saturated rings. The number of nitrogens with one attached hydrogen (secondary N) is 1. The van der Waals surface area contributed by atoms with Gasteiger partial charge < -0.3 is 14.8 Å². The molecular weight excluding hydrogens is 390 g/mol. The second kappa shape index (κ2) is 10.6. The fourth-order valence-electron chi connectivity index (χ4n) is 2.17. The van der Waals surface area contributed by atoms with E-state index >= 15 is 0 Å². The van der Waals surface area contributed by atoms with E-state index in [-0.39, 0.29) is 11.2 Å². The largest absolute Gasteiger partial charge is 0.493 e. The highest BCUT2D eigenvalue weighted by Crippen LogP contribution is 2.33. The fourth-order valence-corrected chi connectivity index (χ4v) is 3.98. The number of ether oxygens (including phenoxy) is 2. The van der Waals surface area contributed by atoms with E-state index in [0.29, 0.717) is 18.0 Å².